The summed E-state index contributed by atoms with van der Waals surface area (Å²) >= 11 is 0. The molecule has 9 heteroatoms. The van der Waals surface area contributed by atoms with E-state index in [1.54, 1.807) is 0 Å². The predicted octanol–water partition coefficient (Wildman–Crippen LogP) is 8.56. The third kappa shape index (κ3) is 29.8. The molecular formula is C30H59O8P. The SMILES string of the molecule is CCCCCCCCCCCCCCCCCCC(=O)OC(COC(=O)CCCCCCC)COP(=O)(O)O. The second kappa shape index (κ2) is 27.2. The zero-order valence-corrected chi connectivity index (χ0v) is 25.9. The predicted molar refractivity (Wildman–Crippen MR) is 156 cm³/mol. The van der Waals surface area contributed by atoms with E-state index in [1.807, 2.05) is 0 Å². The average Bonchev–Trinajstić information content (AvgIpc) is 2.89. The minimum absolute atomic E-state index is 0.218. The topological polar surface area (TPSA) is 119 Å². The largest absolute Gasteiger partial charge is 0.469 e. The Hall–Kier alpha value is -0.950. The van der Waals surface area contributed by atoms with Gasteiger partial charge in [-0.1, -0.05) is 136 Å². The van der Waals surface area contributed by atoms with Crippen LogP contribution >= 0.6 is 7.82 Å². The van der Waals surface area contributed by atoms with Gasteiger partial charge in [-0.3, -0.25) is 14.1 Å². The molecule has 0 radical (unpaired) electrons. The van der Waals surface area contributed by atoms with Gasteiger partial charge < -0.3 is 19.3 Å². The van der Waals surface area contributed by atoms with Crippen molar-refractivity contribution in [2.24, 2.45) is 0 Å². The molecular weight excluding hydrogens is 519 g/mol. The molecule has 0 aliphatic rings. The summed E-state index contributed by atoms with van der Waals surface area (Å²) in [5.74, 6) is -0.892. The molecule has 8 nitrogen and oxygen atoms in total. The van der Waals surface area contributed by atoms with Gasteiger partial charge in [0.2, 0.25) is 0 Å². The minimum Gasteiger partial charge on any atom is -0.462 e. The number of unbranched alkanes of at least 4 members (excludes halogenated alkanes) is 19. The smallest absolute Gasteiger partial charge is 0.462 e. The summed E-state index contributed by atoms with van der Waals surface area (Å²) < 4.78 is 26.0. The number of hydrogen-bond donors (Lipinski definition) is 2. The molecule has 0 heterocycles. The summed E-state index contributed by atoms with van der Waals surface area (Å²) in [4.78, 5) is 42.1. The van der Waals surface area contributed by atoms with Crippen LogP contribution in [0.4, 0.5) is 0 Å². The van der Waals surface area contributed by atoms with Gasteiger partial charge in [0.25, 0.3) is 0 Å². The van der Waals surface area contributed by atoms with E-state index in [2.05, 4.69) is 18.4 Å². The summed E-state index contributed by atoms with van der Waals surface area (Å²) in [6, 6.07) is 0. The lowest BCUT2D eigenvalue weighted by molar-refractivity contribution is -0.161. The maximum Gasteiger partial charge on any atom is 0.469 e. The number of hydrogen-bond acceptors (Lipinski definition) is 6. The number of rotatable bonds is 29. The van der Waals surface area contributed by atoms with Gasteiger partial charge in [-0.2, -0.15) is 0 Å². The molecule has 0 saturated carbocycles. The highest BCUT2D eigenvalue weighted by molar-refractivity contribution is 7.46. The van der Waals surface area contributed by atoms with E-state index in [-0.39, 0.29) is 19.4 Å². The fraction of sp³-hybridized carbons (Fsp3) is 0.933. The molecule has 0 aromatic rings. The van der Waals surface area contributed by atoms with Gasteiger partial charge in [-0.05, 0) is 12.8 Å². The Kier molecular flexibility index (Phi) is 26.6. The van der Waals surface area contributed by atoms with Gasteiger partial charge in [-0.15, -0.1) is 0 Å². The van der Waals surface area contributed by atoms with Crippen LogP contribution in [0.25, 0.3) is 0 Å². The molecule has 0 amide bonds. The van der Waals surface area contributed by atoms with E-state index in [4.69, 9.17) is 19.3 Å². The highest BCUT2D eigenvalue weighted by Crippen LogP contribution is 2.35. The Morgan fingerprint density at radius 2 is 0.923 bits per heavy atom. The fourth-order valence-electron chi connectivity index (χ4n) is 4.49. The van der Waals surface area contributed by atoms with Crippen molar-refractivity contribution in [2.75, 3.05) is 13.2 Å². The summed E-state index contributed by atoms with van der Waals surface area (Å²) in [5, 5.41) is 0. The summed E-state index contributed by atoms with van der Waals surface area (Å²) in [7, 11) is -4.73. The lowest BCUT2D eigenvalue weighted by atomic mass is 10.0. The zero-order chi connectivity index (χ0) is 29.0. The van der Waals surface area contributed by atoms with Crippen LogP contribution in [0, 0.1) is 0 Å². The molecule has 0 aliphatic carbocycles. The van der Waals surface area contributed by atoms with Crippen molar-refractivity contribution < 1.29 is 37.9 Å². The van der Waals surface area contributed by atoms with Crippen LogP contribution < -0.4 is 0 Å². The Morgan fingerprint density at radius 3 is 1.31 bits per heavy atom. The van der Waals surface area contributed by atoms with E-state index in [9.17, 15) is 14.2 Å². The number of phosphoric ester groups is 1. The molecule has 0 aromatic carbocycles. The van der Waals surface area contributed by atoms with Gasteiger partial charge in [0.05, 0.1) is 6.61 Å². The maximum absolute atomic E-state index is 12.2. The molecule has 232 valence electrons. The van der Waals surface area contributed by atoms with Crippen molar-refractivity contribution in [1.29, 1.82) is 0 Å². The van der Waals surface area contributed by atoms with E-state index in [0.29, 0.717) is 6.42 Å². The molecule has 0 bridgehead atoms. The van der Waals surface area contributed by atoms with Crippen LogP contribution in [0.2, 0.25) is 0 Å². The number of phosphoric acid groups is 1. The van der Waals surface area contributed by atoms with Crippen LogP contribution in [0.3, 0.4) is 0 Å². The van der Waals surface area contributed by atoms with Gasteiger partial charge in [-0.25, -0.2) is 4.57 Å². The second-order valence-electron chi connectivity index (χ2n) is 10.8. The van der Waals surface area contributed by atoms with Crippen LogP contribution in [0.1, 0.15) is 162 Å². The van der Waals surface area contributed by atoms with E-state index in [1.165, 1.54) is 83.5 Å². The number of carbonyl (C=O) groups excluding carboxylic acids is 2. The molecule has 0 spiro atoms. The minimum atomic E-state index is -4.73. The molecule has 0 aromatic heterocycles. The number of ether oxygens (including phenoxy) is 2. The fourth-order valence-corrected chi connectivity index (χ4v) is 4.85. The van der Waals surface area contributed by atoms with Crippen LogP contribution in [-0.4, -0.2) is 41.0 Å². The lowest BCUT2D eigenvalue weighted by Gasteiger charge is -2.18. The Labute approximate surface area is 238 Å². The first-order valence-electron chi connectivity index (χ1n) is 15.8. The van der Waals surface area contributed by atoms with E-state index >= 15 is 0 Å². The van der Waals surface area contributed by atoms with Crippen molar-refractivity contribution >= 4 is 19.8 Å². The summed E-state index contributed by atoms with van der Waals surface area (Å²) in [6.07, 6.45) is 24.4. The highest BCUT2D eigenvalue weighted by atomic mass is 31.2. The van der Waals surface area contributed by atoms with Crippen LogP contribution in [0.15, 0.2) is 0 Å². The molecule has 2 N–H and O–H groups in total. The van der Waals surface area contributed by atoms with Gasteiger partial charge in [0.1, 0.15) is 6.61 Å². The molecule has 0 aliphatic heterocycles. The Balaban J connectivity index is 3.89. The van der Waals surface area contributed by atoms with Crippen molar-refractivity contribution in [3.05, 3.63) is 0 Å². The third-order valence-electron chi connectivity index (χ3n) is 6.88. The quantitative estimate of drug-likeness (QED) is 0.0514. The third-order valence-corrected chi connectivity index (χ3v) is 7.36. The second-order valence-corrected chi connectivity index (χ2v) is 12.0. The van der Waals surface area contributed by atoms with Crippen molar-refractivity contribution in [1.82, 2.24) is 0 Å². The number of carbonyl (C=O) groups is 2. The van der Waals surface area contributed by atoms with Crippen molar-refractivity contribution in [3.8, 4) is 0 Å². The first-order chi connectivity index (χ1) is 18.8. The normalized spacial score (nSPS) is 12.4. The number of esters is 2. The van der Waals surface area contributed by atoms with Crippen molar-refractivity contribution in [3.63, 3.8) is 0 Å². The zero-order valence-electron chi connectivity index (χ0n) is 25.0. The monoisotopic (exact) mass is 578 g/mol. The molecule has 1 unspecified atom stereocenters. The van der Waals surface area contributed by atoms with E-state index in [0.717, 1.165) is 44.9 Å². The average molecular weight is 579 g/mol. The molecule has 0 fully saturated rings. The van der Waals surface area contributed by atoms with Gasteiger partial charge in [0, 0.05) is 12.8 Å². The molecule has 0 saturated heterocycles. The highest BCUT2D eigenvalue weighted by Gasteiger charge is 2.22. The lowest BCUT2D eigenvalue weighted by Crippen LogP contribution is -2.29. The Bertz CT molecular complexity index is 622. The first-order valence-corrected chi connectivity index (χ1v) is 17.4. The van der Waals surface area contributed by atoms with Crippen molar-refractivity contribution in [2.45, 2.75) is 168 Å². The Morgan fingerprint density at radius 1 is 0.564 bits per heavy atom. The molecule has 1 atom stereocenters. The standard InChI is InChI=1S/C30H59O8P/c1-3-5-7-9-10-11-12-13-14-15-16-17-18-19-21-23-25-30(32)38-28(27-37-39(33,34)35)26-36-29(31)24-22-20-8-6-4-2/h28H,3-27H2,1-2H3,(H2,33,34,35). The first kappa shape index (κ1) is 38.0. The van der Waals surface area contributed by atoms with Crippen LogP contribution in [-0.2, 0) is 28.2 Å². The van der Waals surface area contributed by atoms with Gasteiger partial charge in [0.15, 0.2) is 6.10 Å². The molecule has 0 rings (SSSR count). The van der Waals surface area contributed by atoms with Crippen LogP contribution in [0.5, 0.6) is 0 Å². The van der Waals surface area contributed by atoms with Gasteiger partial charge >= 0.3 is 19.8 Å². The molecule has 39 heavy (non-hydrogen) atoms. The summed E-state index contributed by atoms with van der Waals surface area (Å²) in [5.41, 5.74) is 0. The van der Waals surface area contributed by atoms with E-state index < -0.39 is 32.5 Å². The maximum atomic E-state index is 12.2. The summed E-state index contributed by atoms with van der Waals surface area (Å²) in [6.45, 7) is 3.57.